The summed E-state index contributed by atoms with van der Waals surface area (Å²) >= 11 is 0. The van der Waals surface area contributed by atoms with Crippen molar-refractivity contribution in [3.05, 3.63) is 70.3 Å². The molecule has 0 N–H and O–H groups in total. The summed E-state index contributed by atoms with van der Waals surface area (Å²) in [5, 5.41) is 8.51. The molecule has 0 bridgehead atoms. The molecular weight excluding hydrogens is 242 g/mol. The summed E-state index contributed by atoms with van der Waals surface area (Å²) in [4.78, 5) is 0. The predicted molar refractivity (Wildman–Crippen MR) is 85.8 cm³/mol. The number of nitrogens with zero attached hydrogens (tertiary/aromatic N) is 1. The first kappa shape index (κ1) is 16.0. The quantitative estimate of drug-likeness (QED) is 0.750. The molecule has 0 atom stereocenters. The van der Waals surface area contributed by atoms with Gasteiger partial charge in [0.05, 0.1) is 11.6 Å². The minimum Gasteiger partial charge on any atom is -0.192 e. The molecule has 2 aromatic carbocycles. The Hall–Kier alpha value is -2.07. The van der Waals surface area contributed by atoms with Crippen molar-refractivity contribution in [1.82, 2.24) is 0 Å². The van der Waals surface area contributed by atoms with Gasteiger partial charge in [-0.3, -0.25) is 0 Å². The fourth-order valence-corrected chi connectivity index (χ4v) is 1.88. The Bertz CT molecular complexity index is 591. The fraction of sp³-hybridized carbons (Fsp3) is 0.316. The summed E-state index contributed by atoms with van der Waals surface area (Å²) in [7, 11) is 0. The first-order valence-corrected chi connectivity index (χ1v) is 7.15. The van der Waals surface area contributed by atoms with E-state index in [1.165, 1.54) is 22.3 Å². The molecule has 1 heteroatoms. The molecule has 0 saturated heterocycles. The molecule has 2 aromatic rings. The summed E-state index contributed by atoms with van der Waals surface area (Å²) in [6, 6.07) is 16.4. The molecule has 0 spiro atoms. The summed E-state index contributed by atoms with van der Waals surface area (Å²) in [6.07, 6.45) is 2.14. The van der Waals surface area contributed by atoms with E-state index < -0.39 is 0 Å². The highest BCUT2D eigenvalue weighted by atomic mass is 14.2. The molecule has 0 amide bonds. The van der Waals surface area contributed by atoms with Crippen LogP contribution >= 0.6 is 0 Å². The third-order valence-corrected chi connectivity index (χ3v) is 3.44. The lowest BCUT2D eigenvalue weighted by atomic mass is 10.1. The number of benzene rings is 2. The summed E-state index contributed by atoms with van der Waals surface area (Å²) in [5.74, 6) is 0. The second-order valence-corrected chi connectivity index (χ2v) is 4.94. The largest absolute Gasteiger partial charge is 0.192 e. The smallest absolute Gasteiger partial charge is 0.0991 e. The lowest BCUT2D eigenvalue weighted by Crippen LogP contribution is -1.84. The topological polar surface area (TPSA) is 23.8 Å². The van der Waals surface area contributed by atoms with Gasteiger partial charge in [0.1, 0.15) is 0 Å². The molecule has 0 saturated carbocycles. The van der Waals surface area contributed by atoms with Crippen LogP contribution in [0, 0.1) is 25.2 Å². The van der Waals surface area contributed by atoms with Gasteiger partial charge in [-0.05, 0) is 61.1 Å². The molecule has 0 aromatic heterocycles. The van der Waals surface area contributed by atoms with Crippen LogP contribution in [0.15, 0.2) is 42.5 Å². The lowest BCUT2D eigenvalue weighted by Gasteiger charge is -2.01. The molecule has 2 rings (SSSR count). The molecular formula is C19H23N. The Morgan fingerprint density at radius 1 is 0.850 bits per heavy atom. The van der Waals surface area contributed by atoms with Crippen LogP contribution in [0.2, 0.25) is 0 Å². The number of aryl methyl sites for hydroxylation is 4. The number of hydrogen-bond acceptors (Lipinski definition) is 1. The third-order valence-electron chi connectivity index (χ3n) is 3.44. The molecule has 1 nitrogen and oxygen atoms in total. The van der Waals surface area contributed by atoms with Gasteiger partial charge in [-0.25, -0.2) is 0 Å². The average Bonchev–Trinajstić information content (AvgIpc) is 2.50. The second-order valence-electron chi connectivity index (χ2n) is 4.94. The van der Waals surface area contributed by atoms with Crippen molar-refractivity contribution >= 4 is 0 Å². The zero-order chi connectivity index (χ0) is 15.0. The van der Waals surface area contributed by atoms with E-state index in [4.69, 9.17) is 5.26 Å². The van der Waals surface area contributed by atoms with Crippen LogP contribution in [0.3, 0.4) is 0 Å². The molecule has 104 valence electrons. The van der Waals surface area contributed by atoms with Gasteiger partial charge in [-0.2, -0.15) is 5.26 Å². The maximum atomic E-state index is 8.51. The zero-order valence-corrected chi connectivity index (χ0v) is 12.9. The summed E-state index contributed by atoms with van der Waals surface area (Å²) in [6.45, 7) is 8.57. The lowest BCUT2D eigenvalue weighted by molar-refractivity contribution is 1.12. The minimum absolute atomic E-state index is 0.749. The number of hydrogen-bond donors (Lipinski definition) is 0. The van der Waals surface area contributed by atoms with Gasteiger partial charge in [0.25, 0.3) is 0 Å². The van der Waals surface area contributed by atoms with Gasteiger partial charge in [0.2, 0.25) is 0 Å². The highest BCUT2D eigenvalue weighted by Gasteiger charge is 1.92. The zero-order valence-electron chi connectivity index (χ0n) is 12.9. The van der Waals surface area contributed by atoms with E-state index in [2.05, 4.69) is 52.0 Å². The molecule has 20 heavy (non-hydrogen) atoms. The van der Waals surface area contributed by atoms with E-state index in [9.17, 15) is 0 Å². The summed E-state index contributed by atoms with van der Waals surface area (Å²) in [5.41, 5.74) is 6.19. The molecule has 0 fully saturated rings. The maximum Gasteiger partial charge on any atom is 0.0991 e. The van der Waals surface area contributed by atoms with Crippen LogP contribution in [-0.2, 0) is 12.8 Å². The van der Waals surface area contributed by atoms with Gasteiger partial charge in [0, 0.05) is 0 Å². The number of rotatable bonds is 2. The van der Waals surface area contributed by atoms with Gasteiger partial charge < -0.3 is 0 Å². The van der Waals surface area contributed by atoms with Crippen molar-refractivity contribution in [2.24, 2.45) is 0 Å². The highest BCUT2D eigenvalue weighted by Crippen LogP contribution is 2.09. The molecule has 0 aliphatic rings. The normalized spacial score (nSPS) is 9.35. The molecule has 0 radical (unpaired) electrons. The van der Waals surface area contributed by atoms with Crippen LogP contribution in [-0.4, -0.2) is 0 Å². The van der Waals surface area contributed by atoms with Crippen molar-refractivity contribution in [3.8, 4) is 6.07 Å². The van der Waals surface area contributed by atoms with Crippen LogP contribution in [0.5, 0.6) is 0 Å². The van der Waals surface area contributed by atoms with Crippen molar-refractivity contribution in [1.29, 1.82) is 5.26 Å². The van der Waals surface area contributed by atoms with Crippen molar-refractivity contribution < 1.29 is 0 Å². The van der Waals surface area contributed by atoms with Gasteiger partial charge in [0.15, 0.2) is 0 Å². The Morgan fingerprint density at radius 3 is 2.05 bits per heavy atom. The van der Waals surface area contributed by atoms with E-state index in [1.807, 2.05) is 24.3 Å². The van der Waals surface area contributed by atoms with Crippen molar-refractivity contribution in [3.63, 3.8) is 0 Å². The Labute approximate surface area is 122 Å². The Morgan fingerprint density at radius 2 is 1.50 bits per heavy atom. The van der Waals surface area contributed by atoms with Gasteiger partial charge in [-0.1, -0.05) is 44.2 Å². The Balaban J connectivity index is 0.000000200. The SMILES string of the molecule is CCc1ccc(C)c(C)c1.CCc1cccc(C#N)c1. The first-order chi connectivity index (χ1) is 9.60. The molecule has 0 aliphatic carbocycles. The van der Waals surface area contributed by atoms with Crippen molar-refractivity contribution in [2.75, 3.05) is 0 Å². The van der Waals surface area contributed by atoms with Crippen LogP contribution < -0.4 is 0 Å². The Kier molecular flexibility index (Phi) is 6.53. The van der Waals surface area contributed by atoms with Gasteiger partial charge in [-0.15, -0.1) is 0 Å². The monoisotopic (exact) mass is 265 g/mol. The summed E-state index contributed by atoms with van der Waals surface area (Å²) < 4.78 is 0. The van der Waals surface area contributed by atoms with Crippen molar-refractivity contribution in [2.45, 2.75) is 40.5 Å². The molecule has 0 unspecified atom stereocenters. The maximum absolute atomic E-state index is 8.51. The number of nitriles is 1. The molecule has 0 aliphatic heterocycles. The van der Waals surface area contributed by atoms with Crippen LogP contribution in [0.1, 0.15) is 41.7 Å². The van der Waals surface area contributed by atoms with E-state index in [-0.39, 0.29) is 0 Å². The van der Waals surface area contributed by atoms with Crippen LogP contribution in [0.4, 0.5) is 0 Å². The second kappa shape index (κ2) is 8.17. The first-order valence-electron chi connectivity index (χ1n) is 7.15. The minimum atomic E-state index is 0.749. The fourth-order valence-electron chi connectivity index (χ4n) is 1.88. The van der Waals surface area contributed by atoms with E-state index in [0.29, 0.717) is 0 Å². The van der Waals surface area contributed by atoms with E-state index in [0.717, 1.165) is 18.4 Å². The van der Waals surface area contributed by atoms with Gasteiger partial charge >= 0.3 is 0 Å². The van der Waals surface area contributed by atoms with Crippen LogP contribution in [0.25, 0.3) is 0 Å². The average molecular weight is 265 g/mol. The third kappa shape index (κ3) is 4.90. The van der Waals surface area contributed by atoms with E-state index >= 15 is 0 Å². The molecule has 0 heterocycles. The highest BCUT2D eigenvalue weighted by molar-refractivity contribution is 5.32. The standard InChI is InChI=1S/C10H14.C9H9N/c1-4-10-6-5-8(2)9(3)7-10;1-2-8-4-3-5-9(6-8)7-10/h5-7H,4H2,1-3H3;3-6H,2H2,1H3. The predicted octanol–water partition coefficient (Wildman–Crippen LogP) is 4.99. The van der Waals surface area contributed by atoms with E-state index in [1.54, 1.807) is 0 Å².